The van der Waals surface area contributed by atoms with E-state index in [9.17, 15) is 4.79 Å². The van der Waals surface area contributed by atoms with E-state index in [-0.39, 0.29) is 12.0 Å². The number of fused-ring (bicyclic) bond motifs is 1. The van der Waals surface area contributed by atoms with Crippen molar-refractivity contribution < 1.29 is 23.7 Å². The maximum atomic E-state index is 12.8. The summed E-state index contributed by atoms with van der Waals surface area (Å²) in [5.74, 6) is 1.65. The molecule has 0 aliphatic carbocycles. The minimum Gasteiger partial charge on any atom is -0.493 e. The van der Waals surface area contributed by atoms with Gasteiger partial charge >= 0.3 is 0 Å². The number of hydrogen-bond acceptors (Lipinski definition) is 6. The SMILES string of the molecule is COCCn1c(=NC(=O)c2ccc(OC(C)C)cc2)sc2cc(OC)c(OC)cc21. The lowest BCUT2D eigenvalue weighted by molar-refractivity contribution is 0.0997. The number of methoxy groups -OCH3 is 3. The molecule has 160 valence electrons. The molecule has 3 rings (SSSR count). The van der Waals surface area contributed by atoms with Crippen molar-refractivity contribution in [2.75, 3.05) is 27.9 Å². The lowest BCUT2D eigenvalue weighted by atomic mass is 10.2. The van der Waals surface area contributed by atoms with Gasteiger partial charge in [0.2, 0.25) is 0 Å². The van der Waals surface area contributed by atoms with Gasteiger partial charge in [-0.1, -0.05) is 11.3 Å². The molecule has 0 spiro atoms. The van der Waals surface area contributed by atoms with E-state index in [1.54, 1.807) is 45.6 Å². The number of rotatable bonds is 8. The van der Waals surface area contributed by atoms with Crippen molar-refractivity contribution in [1.29, 1.82) is 0 Å². The molecule has 0 bridgehead atoms. The Morgan fingerprint density at radius 3 is 2.33 bits per heavy atom. The summed E-state index contributed by atoms with van der Waals surface area (Å²) in [7, 11) is 4.83. The summed E-state index contributed by atoms with van der Waals surface area (Å²) >= 11 is 1.42. The number of ether oxygens (including phenoxy) is 4. The fourth-order valence-corrected chi connectivity index (χ4v) is 4.05. The molecule has 0 fully saturated rings. The molecule has 0 unspecified atom stereocenters. The van der Waals surface area contributed by atoms with Crippen LogP contribution in [0.2, 0.25) is 0 Å². The second kappa shape index (κ2) is 9.77. The molecule has 0 radical (unpaired) electrons. The van der Waals surface area contributed by atoms with Crippen LogP contribution in [-0.4, -0.2) is 44.5 Å². The van der Waals surface area contributed by atoms with Gasteiger partial charge in [-0.3, -0.25) is 4.79 Å². The van der Waals surface area contributed by atoms with Crippen molar-refractivity contribution in [3.8, 4) is 17.2 Å². The van der Waals surface area contributed by atoms with Crippen LogP contribution in [0.1, 0.15) is 24.2 Å². The molecule has 1 aromatic heterocycles. The van der Waals surface area contributed by atoms with Crippen molar-refractivity contribution in [2.24, 2.45) is 4.99 Å². The van der Waals surface area contributed by atoms with Crippen LogP contribution >= 0.6 is 11.3 Å². The molecule has 3 aromatic rings. The molecule has 0 N–H and O–H groups in total. The number of carbonyl (C=O) groups is 1. The fraction of sp³-hybridized carbons (Fsp3) is 0.364. The Kier molecular flexibility index (Phi) is 7.12. The summed E-state index contributed by atoms with van der Waals surface area (Å²) in [5, 5.41) is 0. The van der Waals surface area contributed by atoms with Gasteiger partial charge in [0.25, 0.3) is 5.91 Å². The van der Waals surface area contributed by atoms with Gasteiger partial charge in [-0.2, -0.15) is 4.99 Å². The molecule has 8 heteroatoms. The largest absolute Gasteiger partial charge is 0.493 e. The number of nitrogens with zero attached hydrogens (tertiary/aromatic N) is 2. The summed E-state index contributed by atoms with van der Waals surface area (Å²) in [6.07, 6.45) is 0.0727. The third kappa shape index (κ3) is 4.83. The van der Waals surface area contributed by atoms with Crippen molar-refractivity contribution in [1.82, 2.24) is 4.57 Å². The first-order valence-corrected chi connectivity index (χ1v) is 10.4. The summed E-state index contributed by atoms with van der Waals surface area (Å²) in [6, 6.07) is 10.8. The van der Waals surface area contributed by atoms with Crippen LogP contribution in [-0.2, 0) is 11.3 Å². The lowest BCUT2D eigenvalue weighted by Gasteiger charge is -2.09. The van der Waals surface area contributed by atoms with Gasteiger partial charge in [0, 0.05) is 31.4 Å². The predicted molar refractivity (Wildman–Crippen MR) is 117 cm³/mol. The van der Waals surface area contributed by atoms with E-state index < -0.39 is 0 Å². The van der Waals surface area contributed by atoms with Crippen LogP contribution in [0, 0.1) is 0 Å². The smallest absolute Gasteiger partial charge is 0.279 e. The van der Waals surface area contributed by atoms with E-state index in [0.29, 0.717) is 35.0 Å². The minimum absolute atomic E-state index is 0.0727. The highest BCUT2D eigenvalue weighted by Gasteiger charge is 2.14. The molecule has 1 heterocycles. The third-order valence-electron chi connectivity index (χ3n) is 4.38. The quantitative estimate of drug-likeness (QED) is 0.542. The van der Waals surface area contributed by atoms with Crippen molar-refractivity contribution in [3.05, 3.63) is 46.8 Å². The lowest BCUT2D eigenvalue weighted by Crippen LogP contribution is -2.19. The Morgan fingerprint density at radius 2 is 1.73 bits per heavy atom. The third-order valence-corrected chi connectivity index (χ3v) is 5.42. The second-order valence-corrected chi connectivity index (χ2v) is 7.82. The highest BCUT2D eigenvalue weighted by atomic mass is 32.1. The molecule has 7 nitrogen and oxygen atoms in total. The van der Waals surface area contributed by atoms with Gasteiger partial charge in [0.1, 0.15) is 5.75 Å². The van der Waals surface area contributed by atoms with Crippen molar-refractivity contribution in [2.45, 2.75) is 26.5 Å². The molecule has 1 amide bonds. The van der Waals surface area contributed by atoms with Crippen LogP contribution in [0.5, 0.6) is 17.2 Å². The highest BCUT2D eigenvalue weighted by molar-refractivity contribution is 7.16. The molecule has 30 heavy (non-hydrogen) atoms. The molecular weight excluding hydrogens is 404 g/mol. The summed E-state index contributed by atoms with van der Waals surface area (Å²) in [4.78, 5) is 17.8. The van der Waals surface area contributed by atoms with E-state index in [4.69, 9.17) is 18.9 Å². The van der Waals surface area contributed by atoms with Crippen molar-refractivity contribution in [3.63, 3.8) is 0 Å². The van der Waals surface area contributed by atoms with E-state index in [2.05, 4.69) is 4.99 Å². The Bertz CT molecular complexity index is 1080. The van der Waals surface area contributed by atoms with Gasteiger partial charge in [-0.15, -0.1) is 0 Å². The zero-order valence-electron chi connectivity index (χ0n) is 17.8. The number of benzene rings is 2. The number of amides is 1. The summed E-state index contributed by atoms with van der Waals surface area (Å²) in [5.41, 5.74) is 1.40. The van der Waals surface area contributed by atoms with Gasteiger partial charge in [-0.25, -0.2) is 0 Å². The van der Waals surface area contributed by atoms with Crippen LogP contribution < -0.4 is 19.0 Å². The number of carbonyl (C=O) groups excluding carboxylic acids is 1. The number of aromatic nitrogens is 1. The first-order chi connectivity index (χ1) is 14.5. The maximum absolute atomic E-state index is 12.8. The van der Waals surface area contributed by atoms with Crippen molar-refractivity contribution >= 4 is 27.5 Å². The first-order valence-electron chi connectivity index (χ1n) is 9.57. The maximum Gasteiger partial charge on any atom is 0.279 e. The van der Waals surface area contributed by atoms with E-state index in [0.717, 1.165) is 16.0 Å². The van der Waals surface area contributed by atoms with E-state index in [1.807, 2.05) is 30.5 Å². The summed E-state index contributed by atoms with van der Waals surface area (Å²) < 4.78 is 24.6. The zero-order valence-corrected chi connectivity index (χ0v) is 18.6. The first kappa shape index (κ1) is 21.9. The minimum atomic E-state index is -0.317. The molecular formula is C22H26N2O5S. The normalized spacial score (nSPS) is 11.9. The number of hydrogen-bond donors (Lipinski definition) is 0. The fourth-order valence-electron chi connectivity index (χ4n) is 2.98. The topological polar surface area (TPSA) is 71.3 Å². The van der Waals surface area contributed by atoms with E-state index in [1.165, 1.54) is 11.3 Å². The molecule has 0 saturated carbocycles. The second-order valence-electron chi connectivity index (χ2n) is 6.81. The van der Waals surface area contributed by atoms with Crippen LogP contribution in [0.25, 0.3) is 10.2 Å². The monoisotopic (exact) mass is 430 g/mol. The van der Waals surface area contributed by atoms with Gasteiger partial charge in [0.05, 0.1) is 37.1 Å². The molecule has 0 aliphatic rings. The predicted octanol–water partition coefficient (Wildman–Crippen LogP) is 3.89. The Hall–Kier alpha value is -2.84. The Balaban J connectivity index is 2.04. The average Bonchev–Trinajstić information content (AvgIpc) is 3.06. The standard InChI is InChI=1S/C22H26N2O5S/c1-14(2)29-16-8-6-15(7-9-16)21(25)23-22-24(10-11-26-3)17-12-18(27-4)19(28-5)13-20(17)30-22/h6-9,12-14H,10-11H2,1-5H3. The average molecular weight is 431 g/mol. The van der Waals surface area contributed by atoms with Gasteiger partial charge < -0.3 is 23.5 Å². The number of thiazole rings is 1. The summed E-state index contributed by atoms with van der Waals surface area (Å²) in [6.45, 7) is 4.96. The van der Waals surface area contributed by atoms with Crippen LogP contribution in [0.15, 0.2) is 41.4 Å². The Labute approximate surface area is 179 Å². The molecule has 0 aliphatic heterocycles. The molecule has 0 atom stereocenters. The molecule has 0 saturated heterocycles. The van der Waals surface area contributed by atoms with Crippen LogP contribution in [0.4, 0.5) is 0 Å². The Morgan fingerprint density at radius 1 is 1.07 bits per heavy atom. The van der Waals surface area contributed by atoms with Gasteiger partial charge in [-0.05, 0) is 38.1 Å². The molecule has 2 aromatic carbocycles. The zero-order chi connectivity index (χ0) is 21.7. The van der Waals surface area contributed by atoms with E-state index >= 15 is 0 Å². The highest BCUT2D eigenvalue weighted by Crippen LogP contribution is 2.33. The van der Waals surface area contributed by atoms with Gasteiger partial charge in [0.15, 0.2) is 16.3 Å². The van der Waals surface area contributed by atoms with Crippen LogP contribution in [0.3, 0.4) is 0 Å².